The summed E-state index contributed by atoms with van der Waals surface area (Å²) < 4.78 is 0. The minimum atomic E-state index is 0.299. The topological polar surface area (TPSA) is 64.3 Å². The first kappa shape index (κ1) is 14.5. The zero-order valence-corrected chi connectivity index (χ0v) is 12.6. The lowest BCUT2D eigenvalue weighted by Gasteiger charge is -2.36. The van der Waals surface area contributed by atoms with Gasteiger partial charge in [-0.3, -0.25) is 14.8 Å². The summed E-state index contributed by atoms with van der Waals surface area (Å²) in [7, 11) is 0. The molecule has 2 saturated heterocycles. The number of aromatic nitrogens is 2. The number of amides is 1. The minimum Gasteiger partial charge on any atom is -0.340 e. The molecule has 1 aromatic rings. The molecule has 1 aromatic heterocycles. The molecule has 2 N–H and O–H groups in total. The van der Waals surface area contributed by atoms with Crippen molar-refractivity contribution in [1.82, 2.24) is 25.3 Å². The molecule has 6 heteroatoms. The Hall–Kier alpha value is -1.40. The lowest BCUT2D eigenvalue weighted by atomic mass is 9.97. The van der Waals surface area contributed by atoms with Crippen LogP contribution in [0.15, 0.2) is 12.4 Å². The van der Waals surface area contributed by atoms with Gasteiger partial charge >= 0.3 is 0 Å². The Bertz CT molecular complexity index is 441. The average Bonchev–Trinajstić information content (AvgIpc) is 3.08. The van der Waals surface area contributed by atoms with Crippen LogP contribution in [-0.2, 0) is 4.79 Å². The van der Waals surface area contributed by atoms with Gasteiger partial charge in [-0.2, -0.15) is 5.10 Å². The van der Waals surface area contributed by atoms with Crippen LogP contribution in [0.4, 0.5) is 0 Å². The fourth-order valence-corrected chi connectivity index (χ4v) is 3.39. The number of likely N-dealkylation sites (tertiary alicyclic amines) is 1. The number of nitrogens with one attached hydrogen (secondary N) is 2. The van der Waals surface area contributed by atoms with Gasteiger partial charge in [-0.1, -0.05) is 6.42 Å². The van der Waals surface area contributed by atoms with E-state index >= 15 is 0 Å². The molecule has 6 nitrogen and oxygen atoms in total. The number of hydrogen-bond acceptors (Lipinski definition) is 4. The number of piperidine rings is 1. The highest BCUT2D eigenvalue weighted by atomic mass is 16.2. The molecule has 0 aromatic carbocycles. The second-order valence-electron chi connectivity index (χ2n) is 5.96. The Morgan fingerprint density at radius 2 is 2.14 bits per heavy atom. The summed E-state index contributed by atoms with van der Waals surface area (Å²) in [6.45, 7) is 5.50. The Morgan fingerprint density at radius 3 is 2.90 bits per heavy atom. The van der Waals surface area contributed by atoms with Crippen molar-refractivity contribution in [2.45, 2.75) is 31.7 Å². The second-order valence-corrected chi connectivity index (χ2v) is 5.96. The zero-order valence-electron chi connectivity index (χ0n) is 12.6. The number of piperazine rings is 1. The third kappa shape index (κ3) is 3.63. The van der Waals surface area contributed by atoms with E-state index in [1.54, 1.807) is 0 Å². The molecular formula is C15H25N5O. The maximum Gasteiger partial charge on any atom is 0.223 e. The molecule has 0 saturated carbocycles. The Kier molecular flexibility index (Phi) is 4.87. The van der Waals surface area contributed by atoms with Crippen molar-refractivity contribution >= 4 is 5.91 Å². The highest BCUT2D eigenvalue weighted by Crippen LogP contribution is 2.30. The van der Waals surface area contributed by atoms with Gasteiger partial charge in [-0.05, 0) is 19.4 Å². The van der Waals surface area contributed by atoms with Crippen LogP contribution in [0.1, 0.15) is 37.3 Å². The third-order valence-corrected chi connectivity index (χ3v) is 4.60. The molecule has 2 aliphatic heterocycles. The molecule has 1 unspecified atom stereocenters. The van der Waals surface area contributed by atoms with Gasteiger partial charge in [-0.25, -0.2) is 0 Å². The lowest BCUT2D eigenvalue weighted by molar-refractivity contribution is -0.132. The Balaban J connectivity index is 1.53. The van der Waals surface area contributed by atoms with Crippen LogP contribution in [0.25, 0.3) is 0 Å². The second kappa shape index (κ2) is 7.04. The fourth-order valence-electron chi connectivity index (χ4n) is 3.39. The molecule has 2 fully saturated rings. The molecular weight excluding hydrogens is 266 g/mol. The normalized spacial score (nSPS) is 24.2. The van der Waals surface area contributed by atoms with Crippen LogP contribution in [0.3, 0.4) is 0 Å². The number of nitrogens with zero attached hydrogens (tertiary/aromatic N) is 3. The molecule has 3 heterocycles. The molecule has 0 spiro atoms. The van der Waals surface area contributed by atoms with E-state index in [1.807, 2.05) is 17.3 Å². The molecule has 1 atom stereocenters. The van der Waals surface area contributed by atoms with Crippen molar-refractivity contribution in [1.29, 1.82) is 0 Å². The summed E-state index contributed by atoms with van der Waals surface area (Å²) in [5, 5.41) is 10.3. The van der Waals surface area contributed by atoms with Crippen LogP contribution in [0, 0.1) is 0 Å². The van der Waals surface area contributed by atoms with Crippen molar-refractivity contribution in [3.8, 4) is 0 Å². The number of carbonyl (C=O) groups excluding carboxylic acids is 1. The van der Waals surface area contributed by atoms with E-state index in [0.717, 1.165) is 39.3 Å². The molecule has 3 rings (SSSR count). The van der Waals surface area contributed by atoms with Crippen molar-refractivity contribution in [2.24, 2.45) is 0 Å². The van der Waals surface area contributed by atoms with Crippen molar-refractivity contribution in [3.05, 3.63) is 18.0 Å². The zero-order chi connectivity index (χ0) is 14.5. The largest absolute Gasteiger partial charge is 0.340 e. The van der Waals surface area contributed by atoms with E-state index in [9.17, 15) is 4.79 Å². The molecule has 2 aliphatic rings. The van der Waals surface area contributed by atoms with Crippen LogP contribution < -0.4 is 5.32 Å². The minimum absolute atomic E-state index is 0.299. The number of rotatable bonds is 4. The van der Waals surface area contributed by atoms with Crippen molar-refractivity contribution < 1.29 is 4.79 Å². The average molecular weight is 291 g/mol. The third-order valence-electron chi connectivity index (χ3n) is 4.60. The summed E-state index contributed by atoms with van der Waals surface area (Å²) in [4.78, 5) is 16.7. The van der Waals surface area contributed by atoms with Crippen LogP contribution in [-0.4, -0.2) is 65.2 Å². The molecule has 0 radical (unpaired) electrons. The maximum absolute atomic E-state index is 12.3. The van der Waals surface area contributed by atoms with Gasteiger partial charge in [0.15, 0.2) is 0 Å². The molecule has 1 amide bonds. The van der Waals surface area contributed by atoms with Gasteiger partial charge in [0.25, 0.3) is 0 Å². The van der Waals surface area contributed by atoms with E-state index in [4.69, 9.17) is 0 Å². The van der Waals surface area contributed by atoms with Gasteiger partial charge in [0, 0.05) is 56.9 Å². The Labute approximate surface area is 125 Å². The molecule has 0 bridgehead atoms. The number of carbonyl (C=O) groups is 1. The molecule has 116 valence electrons. The maximum atomic E-state index is 12.3. The van der Waals surface area contributed by atoms with Crippen molar-refractivity contribution in [2.75, 3.05) is 39.3 Å². The number of aromatic amines is 1. The summed E-state index contributed by atoms with van der Waals surface area (Å²) in [5.41, 5.74) is 1.25. The number of hydrogen-bond donors (Lipinski definition) is 2. The molecule has 21 heavy (non-hydrogen) atoms. The van der Waals surface area contributed by atoms with Gasteiger partial charge in [-0.15, -0.1) is 0 Å². The monoisotopic (exact) mass is 291 g/mol. The van der Waals surface area contributed by atoms with E-state index in [1.165, 1.54) is 24.8 Å². The first-order valence-electron chi connectivity index (χ1n) is 8.06. The standard InChI is InChI=1S/C15H25N5O/c21-15(20-9-5-16-6-10-20)4-8-19-7-2-1-3-14(19)13-11-17-18-12-13/h11-12,14,16H,1-10H2,(H,17,18). The fraction of sp³-hybridized carbons (Fsp3) is 0.733. The first-order valence-corrected chi connectivity index (χ1v) is 8.06. The van der Waals surface area contributed by atoms with Gasteiger partial charge < -0.3 is 10.2 Å². The summed E-state index contributed by atoms with van der Waals surface area (Å²) in [6, 6.07) is 0.424. The first-order chi connectivity index (χ1) is 10.3. The van der Waals surface area contributed by atoms with E-state index in [-0.39, 0.29) is 0 Å². The van der Waals surface area contributed by atoms with E-state index in [0.29, 0.717) is 18.4 Å². The summed E-state index contributed by atoms with van der Waals surface area (Å²) in [5.74, 6) is 0.299. The van der Waals surface area contributed by atoms with E-state index < -0.39 is 0 Å². The quantitative estimate of drug-likeness (QED) is 0.859. The summed E-state index contributed by atoms with van der Waals surface area (Å²) >= 11 is 0. The molecule has 0 aliphatic carbocycles. The predicted octanol–water partition coefficient (Wildman–Crippen LogP) is 0.759. The van der Waals surface area contributed by atoms with Crippen molar-refractivity contribution in [3.63, 3.8) is 0 Å². The SMILES string of the molecule is O=C(CCN1CCCCC1c1cn[nH]c1)N1CCNCC1. The van der Waals surface area contributed by atoms with Gasteiger partial charge in [0.05, 0.1) is 6.20 Å². The number of H-pyrrole nitrogens is 1. The van der Waals surface area contributed by atoms with Crippen LogP contribution in [0.5, 0.6) is 0 Å². The van der Waals surface area contributed by atoms with Crippen LogP contribution in [0.2, 0.25) is 0 Å². The van der Waals surface area contributed by atoms with Crippen LogP contribution >= 0.6 is 0 Å². The Morgan fingerprint density at radius 1 is 1.29 bits per heavy atom. The van der Waals surface area contributed by atoms with Gasteiger partial charge in [0.1, 0.15) is 0 Å². The highest BCUT2D eigenvalue weighted by Gasteiger charge is 2.25. The van der Waals surface area contributed by atoms with E-state index in [2.05, 4.69) is 20.4 Å². The predicted molar refractivity (Wildman–Crippen MR) is 80.8 cm³/mol. The van der Waals surface area contributed by atoms with Gasteiger partial charge in [0.2, 0.25) is 5.91 Å². The smallest absolute Gasteiger partial charge is 0.223 e. The summed E-state index contributed by atoms with van der Waals surface area (Å²) in [6.07, 6.45) is 8.20. The lowest BCUT2D eigenvalue weighted by Crippen LogP contribution is -2.47. The highest BCUT2D eigenvalue weighted by molar-refractivity contribution is 5.76.